The molecule has 0 atom stereocenters. The Labute approximate surface area is 270 Å². The molecule has 0 unspecified atom stereocenters. The van der Waals surface area contributed by atoms with Crippen LogP contribution in [0.4, 0.5) is 0 Å². The molecule has 1 heterocycles. The molecule has 8 rings (SSSR count). The second-order valence-corrected chi connectivity index (χ2v) is 12.9. The van der Waals surface area contributed by atoms with Gasteiger partial charge in [-0.25, -0.2) is 4.98 Å². The van der Waals surface area contributed by atoms with Gasteiger partial charge in [0.15, 0.2) is 0 Å². The fourth-order valence-corrected chi connectivity index (χ4v) is 7.44. The van der Waals surface area contributed by atoms with Gasteiger partial charge in [-0.1, -0.05) is 131 Å². The van der Waals surface area contributed by atoms with Crippen LogP contribution < -0.4 is 0 Å². The topological polar surface area (TPSA) is 33.1 Å². The van der Waals surface area contributed by atoms with Crippen molar-refractivity contribution in [2.24, 2.45) is 0 Å². The van der Waals surface area contributed by atoms with Crippen molar-refractivity contribution < 1.29 is 5.11 Å². The number of pyridine rings is 1. The van der Waals surface area contributed by atoms with E-state index in [2.05, 4.69) is 125 Å². The number of fused-ring (bicyclic) bond motifs is 4. The van der Waals surface area contributed by atoms with Crippen LogP contribution in [0, 0.1) is 27.7 Å². The van der Waals surface area contributed by atoms with Crippen LogP contribution in [0.3, 0.4) is 0 Å². The molecule has 6 aromatic carbocycles. The minimum absolute atomic E-state index is 0.785. The van der Waals surface area contributed by atoms with Crippen molar-refractivity contribution >= 4 is 10.9 Å². The van der Waals surface area contributed by atoms with E-state index in [1.807, 2.05) is 36.4 Å². The van der Waals surface area contributed by atoms with E-state index < -0.39 is 5.60 Å². The molecule has 2 heteroatoms. The molecule has 0 fully saturated rings. The molecule has 1 N–H and O–H groups in total. The SMILES string of the molecule is Cc1cc(C)cc(-c2ccc3c(c2)C(O)(c2cc4ccccc4nc2-c2ccccc2)c2cc(-c4cc(C)cc(C)c4)ccc2-3)c1. The number of rotatable bonds is 4. The van der Waals surface area contributed by atoms with Gasteiger partial charge in [0.05, 0.1) is 11.2 Å². The highest BCUT2D eigenvalue weighted by molar-refractivity contribution is 5.91. The fraction of sp³-hybridized carbons (Fsp3) is 0.114. The number of aryl methyl sites for hydroxylation is 4. The third kappa shape index (κ3) is 4.57. The van der Waals surface area contributed by atoms with Crippen molar-refractivity contribution in [3.8, 4) is 44.6 Å². The monoisotopic (exact) mass is 593 g/mol. The summed E-state index contributed by atoms with van der Waals surface area (Å²) in [7, 11) is 0. The molecule has 0 saturated carbocycles. The predicted molar refractivity (Wildman–Crippen MR) is 191 cm³/mol. The number of aliphatic hydroxyl groups is 1. The van der Waals surface area contributed by atoms with Gasteiger partial charge in [0.2, 0.25) is 0 Å². The zero-order valence-corrected chi connectivity index (χ0v) is 26.6. The van der Waals surface area contributed by atoms with Crippen LogP contribution in [-0.2, 0) is 5.60 Å². The van der Waals surface area contributed by atoms with E-state index in [1.165, 1.54) is 22.3 Å². The van der Waals surface area contributed by atoms with Crippen molar-refractivity contribution in [3.05, 3.63) is 172 Å². The summed E-state index contributed by atoms with van der Waals surface area (Å²) in [5.41, 5.74) is 15.2. The molecule has 0 spiro atoms. The van der Waals surface area contributed by atoms with E-state index in [4.69, 9.17) is 4.98 Å². The molecule has 0 bridgehead atoms. The van der Waals surface area contributed by atoms with Crippen LogP contribution in [-0.4, -0.2) is 10.1 Å². The lowest BCUT2D eigenvalue weighted by Gasteiger charge is -2.29. The zero-order chi connectivity index (χ0) is 31.6. The first-order valence-corrected chi connectivity index (χ1v) is 15.9. The van der Waals surface area contributed by atoms with Gasteiger partial charge in [-0.05, 0) is 85.3 Å². The first-order chi connectivity index (χ1) is 22.3. The van der Waals surface area contributed by atoms with Gasteiger partial charge in [0, 0.05) is 27.6 Å². The fourth-order valence-electron chi connectivity index (χ4n) is 7.44. The Bertz CT molecular complexity index is 2170. The minimum atomic E-state index is -1.45. The third-order valence-corrected chi connectivity index (χ3v) is 9.38. The largest absolute Gasteiger partial charge is 0.376 e. The van der Waals surface area contributed by atoms with Gasteiger partial charge in [0.1, 0.15) is 5.60 Å². The van der Waals surface area contributed by atoms with Gasteiger partial charge in [-0.3, -0.25) is 0 Å². The molecule has 0 aliphatic heterocycles. The Hall–Kier alpha value is -5.31. The van der Waals surface area contributed by atoms with Gasteiger partial charge < -0.3 is 5.11 Å². The maximum absolute atomic E-state index is 13.6. The van der Waals surface area contributed by atoms with Gasteiger partial charge in [-0.15, -0.1) is 0 Å². The van der Waals surface area contributed by atoms with Gasteiger partial charge >= 0.3 is 0 Å². The van der Waals surface area contributed by atoms with E-state index >= 15 is 0 Å². The second-order valence-electron chi connectivity index (χ2n) is 12.9. The number of hydrogen-bond acceptors (Lipinski definition) is 2. The average molecular weight is 594 g/mol. The Morgan fingerprint density at radius 2 is 0.935 bits per heavy atom. The van der Waals surface area contributed by atoms with Crippen molar-refractivity contribution in [2.75, 3.05) is 0 Å². The molecule has 7 aromatic rings. The quantitative estimate of drug-likeness (QED) is 0.220. The van der Waals surface area contributed by atoms with Crippen molar-refractivity contribution in [1.82, 2.24) is 4.98 Å². The van der Waals surface area contributed by atoms with E-state index in [9.17, 15) is 5.11 Å². The molecular formula is C44H35NO. The number of hydrogen-bond donors (Lipinski definition) is 1. The van der Waals surface area contributed by atoms with Gasteiger partial charge in [0.25, 0.3) is 0 Å². The molecule has 222 valence electrons. The normalized spacial score (nSPS) is 13.1. The standard InChI is InChI=1S/C44H35NO/c1-27-18-28(2)21-35(20-27)32-14-16-37-38-17-15-33(36-22-29(3)19-30(4)23-36)25-40(38)44(46,39(37)24-32)41-26-34-12-8-9-13-42(34)45-43(41)31-10-6-5-7-11-31/h5-26,46H,1-4H3. The highest BCUT2D eigenvalue weighted by Crippen LogP contribution is 2.54. The molecule has 1 aromatic heterocycles. The summed E-state index contributed by atoms with van der Waals surface area (Å²) in [6.45, 7) is 8.55. The smallest absolute Gasteiger partial charge is 0.143 e. The summed E-state index contributed by atoms with van der Waals surface area (Å²) >= 11 is 0. The number of aromatic nitrogens is 1. The Balaban J connectivity index is 1.45. The van der Waals surface area contributed by atoms with E-state index in [0.717, 1.165) is 72.2 Å². The average Bonchev–Trinajstić information content (AvgIpc) is 3.31. The molecule has 1 aliphatic carbocycles. The zero-order valence-electron chi connectivity index (χ0n) is 26.6. The third-order valence-electron chi connectivity index (χ3n) is 9.38. The second kappa shape index (κ2) is 10.7. The lowest BCUT2D eigenvalue weighted by Crippen LogP contribution is -2.27. The highest BCUT2D eigenvalue weighted by Gasteiger charge is 2.45. The summed E-state index contributed by atoms with van der Waals surface area (Å²) in [4.78, 5) is 5.23. The van der Waals surface area contributed by atoms with Crippen molar-refractivity contribution in [3.63, 3.8) is 0 Å². The van der Waals surface area contributed by atoms with Gasteiger partial charge in [-0.2, -0.15) is 0 Å². The Kier molecular flexibility index (Phi) is 6.53. The van der Waals surface area contributed by atoms with E-state index in [0.29, 0.717) is 0 Å². The van der Waals surface area contributed by atoms with Crippen LogP contribution in [0.25, 0.3) is 55.5 Å². The Morgan fingerprint density at radius 1 is 0.435 bits per heavy atom. The summed E-state index contributed by atoms with van der Waals surface area (Å²) in [6, 6.07) is 47.0. The molecule has 1 aliphatic rings. The summed E-state index contributed by atoms with van der Waals surface area (Å²) in [5, 5.41) is 14.6. The molecule has 0 saturated heterocycles. The van der Waals surface area contributed by atoms with Crippen molar-refractivity contribution in [1.29, 1.82) is 0 Å². The summed E-state index contributed by atoms with van der Waals surface area (Å²) < 4.78 is 0. The van der Waals surface area contributed by atoms with E-state index in [1.54, 1.807) is 0 Å². The summed E-state index contributed by atoms with van der Waals surface area (Å²) in [5.74, 6) is 0. The molecule has 46 heavy (non-hydrogen) atoms. The summed E-state index contributed by atoms with van der Waals surface area (Å²) in [6.07, 6.45) is 0. The maximum Gasteiger partial charge on any atom is 0.143 e. The predicted octanol–water partition coefficient (Wildman–Crippen LogP) is 10.7. The molecular weight excluding hydrogens is 558 g/mol. The maximum atomic E-state index is 13.6. The van der Waals surface area contributed by atoms with Crippen molar-refractivity contribution in [2.45, 2.75) is 33.3 Å². The minimum Gasteiger partial charge on any atom is -0.376 e. The molecule has 2 nitrogen and oxygen atoms in total. The number of nitrogens with zero attached hydrogens (tertiary/aromatic N) is 1. The van der Waals surface area contributed by atoms with Crippen LogP contribution in [0.2, 0.25) is 0 Å². The van der Waals surface area contributed by atoms with E-state index in [-0.39, 0.29) is 0 Å². The lowest BCUT2D eigenvalue weighted by atomic mass is 9.80. The van der Waals surface area contributed by atoms with Crippen LogP contribution >= 0.6 is 0 Å². The number of para-hydroxylation sites is 1. The first kappa shape index (κ1) is 28.2. The van der Waals surface area contributed by atoms with Crippen LogP contribution in [0.5, 0.6) is 0 Å². The van der Waals surface area contributed by atoms with Crippen LogP contribution in [0.1, 0.15) is 38.9 Å². The molecule has 0 amide bonds. The Morgan fingerprint density at radius 3 is 1.48 bits per heavy atom. The highest BCUT2D eigenvalue weighted by atomic mass is 16.3. The van der Waals surface area contributed by atoms with Crippen LogP contribution in [0.15, 0.2) is 133 Å². The lowest BCUT2D eigenvalue weighted by molar-refractivity contribution is 0.131. The first-order valence-electron chi connectivity index (χ1n) is 15.9. The molecule has 0 radical (unpaired) electrons. The number of benzene rings is 6.